The zero-order chi connectivity index (χ0) is 35.8. The van der Waals surface area contributed by atoms with Crippen molar-refractivity contribution >= 4 is 69.6 Å². The van der Waals surface area contributed by atoms with Crippen LogP contribution in [0.3, 0.4) is 0 Å². The summed E-state index contributed by atoms with van der Waals surface area (Å²) in [6, 6.07) is 48.7. The summed E-state index contributed by atoms with van der Waals surface area (Å²) in [6.07, 6.45) is 0. The molecule has 0 atom stereocenters. The molecule has 0 aromatic heterocycles. The average molecular weight is 787 g/mol. The SMILES string of the molecule is CC(C)c1cc2c(-c3cccc4ccccc34)cccc2[cH-]1.C[Si]C.Cc1cc2c(-c3cccc4ccccc34)cc(C)c(C)c2[cH-]1.[Cl][Zr+2][Cl]. The number of aryl methyl sites for hydroxylation is 3. The molecule has 0 saturated carbocycles. The van der Waals surface area contributed by atoms with E-state index in [0.717, 1.165) is 9.52 Å². The van der Waals surface area contributed by atoms with E-state index in [4.69, 9.17) is 17.0 Å². The summed E-state index contributed by atoms with van der Waals surface area (Å²) in [4.78, 5) is 0. The third-order valence-electron chi connectivity index (χ3n) is 9.28. The van der Waals surface area contributed by atoms with E-state index < -0.39 is 20.8 Å². The zero-order valence-corrected chi connectivity index (χ0v) is 35.0. The van der Waals surface area contributed by atoms with E-state index in [1.54, 1.807) is 0 Å². The summed E-state index contributed by atoms with van der Waals surface area (Å²) in [5, 5.41) is 10.7. The maximum atomic E-state index is 4.93. The monoisotopic (exact) mass is 784 g/mol. The van der Waals surface area contributed by atoms with Crippen molar-refractivity contribution in [1.29, 1.82) is 0 Å². The number of benzene rings is 6. The molecule has 0 aliphatic heterocycles. The van der Waals surface area contributed by atoms with Gasteiger partial charge in [0.05, 0.1) is 0 Å². The fraction of sp³-hybridized carbons (Fsp3) is 0.174. The van der Waals surface area contributed by atoms with Crippen LogP contribution in [0.15, 0.2) is 133 Å². The van der Waals surface area contributed by atoms with Crippen LogP contribution in [-0.4, -0.2) is 9.52 Å². The van der Waals surface area contributed by atoms with Gasteiger partial charge in [-0.15, -0.1) is 62.5 Å². The molecule has 0 N–H and O–H groups in total. The number of rotatable bonds is 3. The molecule has 0 unspecified atom stereocenters. The van der Waals surface area contributed by atoms with E-state index in [1.807, 2.05) is 0 Å². The Labute approximate surface area is 319 Å². The molecule has 2 radical (unpaired) electrons. The Bertz CT molecular complexity index is 2330. The van der Waals surface area contributed by atoms with Crippen LogP contribution in [0.2, 0.25) is 13.1 Å². The first-order valence-corrected chi connectivity index (χ1v) is 25.4. The van der Waals surface area contributed by atoms with Crippen LogP contribution in [0.25, 0.3) is 65.3 Å². The number of halogens is 2. The normalized spacial score (nSPS) is 10.7. The van der Waals surface area contributed by atoms with Crippen molar-refractivity contribution in [3.8, 4) is 22.3 Å². The van der Waals surface area contributed by atoms with Crippen LogP contribution >= 0.6 is 17.0 Å². The fourth-order valence-corrected chi connectivity index (χ4v) is 6.77. The second-order valence-corrected chi connectivity index (χ2v) is 17.8. The Hall–Kier alpha value is -3.26. The molecule has 0 aliphatic rings. The Morgan fingerprint density at radius 3 is 1.60 bits per heavy atom. The molecule has 0 heterocycles. The predicted molar refractivity (Wildman–Crippen MR) is 222 cm³/mol. The van der Waals surface area contributed by atoms with E-state index in [9.17, 15) is 0 Å². The molecule has 0 aliphatic carbocycles. The first kappa shape index (κ1) is 38.0. The van der Waals surface area contributed by atoms with E-state index in [1.165, 1.54) is 87.6 Å². The van der Waals surface area contributed by atoms with Crippen LogP contribution in [-0.2, 0) is 20.8 Å². The van der Waals surface area contributed by atoms with Gasteiger partial charge in [0.25, 0.3) is 0 Å². The molecule has 0 nitrogen and oxygen atoms in total. The summed E-state index contributed by atoms with van der Waals surface area (Å²) in [5.74, 6) is 0.563. The Morgan fingerprint density at radius 1 is 0.560 bits per heavy atom. The van der Waals surface area contributed by atoms with Crippen molar-refractivity contribution < 1.29 is 20.8 Å². The van der Waals surface area contributed by atoms with Gasteiger partial charge in [-0.05, 0) is 45.5 Å². The number of fused-ring (bicyclic) bond motifs is 4. The first-order valence-electron chi connectivity index (χ1n) is 17.1. The number of hydrogen-bond acceptors (Lipinski definition) is 0. The fourth-order valence-electron chi connectivity index (χ4n) is 6.77. The first-order chi connectivity index (χ1) is 24.2. The van der Waals surface area contributed by atoms with Crippen molar-refractivity contribution in [2.24, 2.45) is 0 Å². The summed E-state index contributed by atoms with van der Waals surface area (Å²) in [7, 11) is 11.0. The van der Waals surface area contributed by atoms with Gasteiger partial charge in [0.2, 0.25) is 0 Å². The standard InChI is InChI=1S/2C22H19.C2H6Si.2ClH.Zr/c1-14-11-20-16(3)15(2)13-22(21(20)12-14)19-10-6-8-17-7-4-5-9-18(17)19;1-15(2)18-13-17-9-6-12-21(22(17)14-18)20-11-5-8-16-7-3-4-10-19(16)20;1-3-2;;;/h4-13H,1-3H3;3-15H,1-2H3;1-2H3;2*1H;/q2*-1;;;;+4/p-2. The third kappa shape index (κ3) is 8.43. The van der Waals surface area contributed by atoms with Gasteiger partial charge < -0.3 is 0 Å². The van der Waals surface area contributed by atoms with Crippen molar-refractivity contribution in [2.75, 3.05) is 0 Å². The average Bonchev–Trinajstić information content (AvgIpc) is 3.75. The van der Waals surface area contributed by atoms with Gasteiger partial charge in [-0.1, -0.05) is 155 Å². The molecule has 8 rings (SSSR count). The quantitative estimate of drug-likeness (QED) is 0.124. The summed E-state index contributed by atoms with van der Waals surface area (Å²) in [6.45, 7) is 15.4. The van der Waals surface area contributed by atoms with Crippen molar-refractivity contribution in [3.63, 3.8) is 0 Å². The summed E-state index contributed by atoms with van der Waals surface area (Å²) in [5.41, 5.74) is 10.9. The molecule has 4 heteroatoms. The van der Waals surface area contributed by atoms with Crippen molar-refractivity contribution in [3.05, 3.63) is 156 Å². The molecule has 8 aromatic carbocycles. The van der Waals surface area contributed by atoms with Gasteiger partial charge >= 0.3 is 37.9 Å². The van der Waals surface area contributed by atoms with E-state index >= 15 is 0 Å². The van der Waals surface area contributed by atoms with E-state index in [-0.39, 0.29) is 0 Å². The zero-order valence-electron chi connectivity index (χ0n) is 30.0. The Balaban J connectivity index is 0.000000168. The van der Waals surface area contributed by atoms with Gasteiger partial charge in [-0.3, -0.25) is 0 Å². The van der Waals surface area contributed by atoms with Crippen LogP contribution in [0.5, 0.6) is 0 Å². The third-order valence-corrected chi connectivity index (χ3v) is 9.28. The van der Waals surface area contributed by atoms with Crippen molar-refractivity contribution in [2.45, 2.75) is 53.6 Å². The van der Waals surface area contributed by atoms with E-state index in [2.05, 4.69) is 181 Å². The molecular weight excluding hydrogens is 743 g/mol. The molecule has 0 amide bonds. The van der Waals surface area contributed by atoms with Crippen LogP contribution < -0.4 is 0 Å². The number of hydrogen-bond donors (Lipinski definition) is 0. The van der Waals surface area contributed by atoms with Crippen LogP contribution in [0.4, 0.5) is 0 Å². The molecule has 0 fully saturated rings. The maximum absolute atomic E-state index is 4.93. The van der Waals surface area contributed by atoms with Gasteiger partial charge in [0.15, 0.2) is 0 Å². The summed E-state index contributed by atoms with van der Waals surface area (Å²) >= 11 is -0.826. The Morgan fingerprint density at radius 2 is 1.04 bits per heavy atom. The van der Waals surface area contributed by atoms with Gasteiger partial charge in [0.1, 0.15) is 0 Å². The molecule has 250 valence electrons. The van der Waals surface area contributed by atoms with Gasteiger partial charge in [-0.2, -0.15) is 12.1 Å². The summed E-state index contributed by atoms with van der Waals surface area (Å²) < 4.78 is 0. The Kier molecular flexibility index (Phi) is 13.5. The molecule has 8 aromatic rings. The van der Waals surface area contributed by atoms with Crippen molar-refractivity contribution in [1.82, 2.24) is 0 Å². The second-order valence-electron chi connectivity index (χ2n) is 13.1. The van der Waals surface area contributed by atoms with E-state index in [0.29, 0.717) is 5.92 Å². The molecule has 0 saturated heterocycles. The van der Waals surface area contributed by atoms with Crippen LogP contribution in [0, 0.1) is 20.8 Å². The van der Waals surface area contributed by atoms with Gasteiger partial charge in [0, 0.05) is 9.52 Å². The minimum atomic E-state index is -0.826. The van der Waals surface area contributed by atoms with Gasteiger partial charge in [-0.25, -0.2) is 0 Å². The second kappa shape index (κ2) is 17.8. The minimum absolute atomic E-state index is 0.563. The molecule has 0 spiro atoms. The predicted octanol–water partition coefficient (Wildman–Crippen LogP) is 15.0. The molecule has 50 heavy (non-hydrogen) atoms. The molecular formula is C46H44Cl2SiZr. The molecule has 0 bridgehead atoms. The topological polar surface area (TPSA) is 0 Å². The van der Waals surface area contributed by atoms with Crippen LogP contribution in [0.1, 0.15) is 42.0 Å².